The minimum atomic E-state index is -0.0750. The molecule has 0 bridgehead atoms. The number of amides is 1. The van der Waals surface area contributed by atoms with E-state index in [2.05, 4.69) is 50.6 Å². The number of pyridine rings is 1. The molecule has 0 aliphatic heterocycles. The third kappa shape index (κ3) is 6.08. The summed E-state index contributed by atoms with van der Waals surface area (Å²) in [6.45, 7) is 1.27. The number of fused-ring (bicyclic) bond motifs is 1. The summed E-state index contributed by atoms with van der Waals surface area (Å²) in [4.78, 5) is 21.4. The molecule has 5 rings (SSSR count). The number of carbonyl (C=O) groups is 1. The second-order valence-corrected chi connectivity index (χ2v) is 9.61. The Hall–Kier alpha value is -4.36. The fourth-order valence-electron chi connectivity index (χ4n) is 3.94. The highest BCUT2D eigenvalue weighted by atomic mass is 32.2. The van der Waals surface area contributed by atoms with E-state index < -0.39 is 0 Å². The van der Waals surface area contributed by atoms with E-state index in [9.17, 15) is 4.79 Å². The monoisotopic (exact) mass is 505 g/mol. The van der Waals surface area contributed by atoms with Gasteiger partial charge in [-0.25, -0.2) is 4.68 Å². The number of anilines is 1. The first-order valence-corrected chi connectivity index (χ1v) is 12.9. The van der Waals surface area contributed by atoms with Crippen molar-refractivity contribution < 1.29 is 4.79 Å². The van der Waals surface area contributed by atoms with E-state index in [0.29, 0.717) is 12.1 Å². The van der Waals surface area contributed by atoms with Crippen LogP contribution in [0.15, 0.2) is 113 Å². The van der Waals surface area contributed by atoms with Crippen LogP contribution in [0.5, 0.6) is 0 Å². The standard InChI is InChI=1S/C30H27N5OS/c1-34(25-10-3-2-4-11-25)20-18-32-30(36)27-12-5-6-13-29(27)37-26-15-14-23-22-33-35(28(23)21-26)19-16-24-9-7-8-17-31-24/h2-17,19,21-22H,18,20H2,1H3,(H,32,36). The van der Waals surface area contributed by atoms with Crippen molar-refractivity contribution in [1.82, 2.24) is 20.1 Å². The van der Waals surface area contributed by atoms with Crippen LogP contribution in [0.25, 0.3) is 23.2 Å². The normalized spacial score (nSPS) is 11.2. The maximum Gasteiger partial charge on any atom is 0.252 e. The molecule has 7 heteroatoms. The lowest BCUT2D eigenvalue weighted by Gasteiger charge is -2.19. The Labute approximate surface area is 220 Å². The molecule has 0 fully saturated rings. The van der Waals surface area contributed by atoms with Crippen molar-refractivity contribution in [1.29, 1.82) is 0 Å². The molecule has 0 aliphatic rings. The van der Waals surface area contributed by atoms with Gasteiger partial charge in [0.25, 0.3) is 5.91 Å². The highest BCUT2D eigenvalue weighted by Gasteiger charge is 2.13. The van der Waals surface area contributed by atoms with E-state index in [1.165, 1.54) is 0 Å². The molecule has 6 nitrogen and oxygen atoms in total. The largest absolute Gasteiger partial charge is 0.373 e. The summed E-state index contributed by atoms with van der Waals surface area (Å²) in [5.74, 6) is -0.0750. The molecule has 0 aliphatic carbocycles. The number of carbonyl (C=O) groups excluding carboxylic acids is 1. The van der Waals surface area contributed by atoms with Gasteiger partial charge in [-0.15, -0.1) is 0 Å². The summed E-state index contributed by atoms with van der Waals surface area (Å²) in [5, 5.41) is 8.61. The lowest BCUT2D eigenvalue weighted by molar-refractivity contribution is 0.0952. The van der Waals surface area contributed by atoms with Gasteiger partial charge in [-0.3, -0.25) is 9.78 Å². The molecular weight excluding hydrogens is 478 g/mol. The van der Waals surface area contributed by atoms with Crippen molar-refractivity contribution in [3.05, 3.63) is 115 Å². The molecule has 0 saturated heterocycles. The summed E-state index contributed by atoms with van der Waals surface area (Å²) in [5.41, 5.74) is 3.64. The summed E-state index contributed by atoms with van der Waals surface area (Å²) >= 11 is 1.57. The van der Waals surface area contributed by atoms with Crippen molar-refractivity contribution in [2.45, 2.75) is 9.79 Å². The molecular formula is C30H27N5OS. The van der Waals surface area contributed by atoms with Crippen LogP contribution in [0.1, 0.15) is 16.1 Å². The van der Waals surface area contributed by atoms with Gasteiger partial charge in [-0.1, -0.05) is 54.2 Å². The van der Waals surface area contributed by atoms with Gasteiger partial charge >= 0.3 is 0 Å². The lowest BCUT2D eigenvalue weighted by atomic mass is 10.2. The molecule has 0 radical (unpaired) electrons. The van der Waals surface area contributed by atoms with Gasteiger partial charge < -0.3 is 10.2 Å². The first kappa shape index (κ1) is 24.3. The van der Waals surface area contributed by atoms with Gasteiger partial charge in [0.05, 0.1) is 23.0 Å². The Morgan fingerprint density at radius 3 is 2.65 bits per heavy atom. The molecule has 184 valence electrons. The minimum Gasteiger partial charge on any atom is -0.373 e. The SMILES string of the molecule is CN(CCNC(=O)c1ccccc1Sc1ccc2cnn(C=Cc3ccccn3)c2c1)c1ccccc1. The van der Waals surface area contributed by atoms with Gasteiger partial charge in [0.2, 0.25) is 0 Å². The van der Waals surface area contributed by atoms with E-state index >= 15 is 0 Å². The van der Waals surface area contributed by atoms with Crippen molar-refractivity contribution >= 4 is 46.5 Å². The number of para-hydroxylation sites is 1. The number of rotatable bonds is 9. The highest BCUT2D eigenvalue weighted by Crippen LogP contribution is 2.32. The summed E-state index contributed by atoms with van der Waals surface area (Å²) in [6.07, 6.45) is 7.46. The highest BCUT2D eigenvalue weighted by molar-refractivity contribution is 7.99. The number of benzene rings is 3. The van der Waals surface area contributed by atoms with Gasteiger partial charge in [0.1, 0.15) is 0 Å². The van der Waals surface area contributed by atoms with Crippen LogP contribution in [-0.4, -0.2) is 40.8 Å². The van der Waals surface area contributed by atoms with Crippen LogP contribution in [0.2, 0.25) is 0 Å². The Kier molecular flexibility index (Phi) is 7.62. The van der Waals surface area contributed by atoms with Crippen molar-refractivity contribution in [3.8, 4) is 0 Å². The number of nitrogens with zero attached hydrogens (tertiary/aromatic N) is 4. The summed E-state index contributed by atoms with van der Waals surface area (Å²) < 4.78 is 1.84. The quantitative estimate of drug-likeness (QED) is 0.263. The first-order valence-electron chi connectivity index (χ1n) is 12.1. The topological polar surface area (TPSA) is 63.1 Å². The Morgan fingerprint density at radius 2 is 1.81 bits per heavy atom. The van der Waals surface area contributed by atoms with E-state index in [0.717, 1.165) is 38.6 Å². The molecule has 0 atom stereocenters. The molecule has 0 saturated carbocycles. The van der Waals surface area contributed by atoms with Crippen LogP contribution < -0.4 is 10.2 Å². The molecule has 1 amide bonds. The zero-order valence-corrected chi connectivity index (χ0v) is 21.3. The molecule has 1 N–H and O–H groups in total. The zero-order chi connectivity index (χ0) is 25.5. The number of hydrogen-bond donors (Lipinski definition) is 1. The minimum absolute atomic E-state index is 0.0750. The maximum absolute atomic E-state index is 13.0. The Morgan fingerprint density at radius 1 is 1.00 bits per heavy atom. The van der Waals surface area contributed by atoms with Crippen LogP contribution in [0, 0.1) is 0 Å². The Balaban J connectivity index is 1.28. The molecule has 3 aromatic carbocycles. The third-order valence-electron chi connectivity index (χ3n) is 5.93. The lowest BCUT2D eigenvalue weighted by Crippen LogP contribution is -2.33. The van der Waals surface area contributed by atoms with Gasteiger partial charge in [0, 0.05) is 53.4 Å². The van der Waals surface area contributed by atoms with Crippen LogP contribution in [0.3, 0.4) is 0 Å². The zero-order valence-electron chi connectivity index (χ0n) is 20.5. The first-order chi connectivity index (χ1) is 18.2. The summed E-state index contributed by atoms with van der Waals surface area (Å²) in [6, 6.07) is 29.9. The second kappa shape index (κ2) is 11.6. The molecule has 0 spiro atoms. The number of likely N-dealkylation sites (N-methyl/N-ethyl adjacent to an activating group) is 1. The number of hydrogen-bond acceptors (Lipinski definition) is 5. The number of nitrogens with one attached hydrogen (secondary N) is 1. The molecule has 2 heterocycles. The van der Waals surface area contributed by atoms with Crippen molar-refractivity contribution in [2.24, 2.45) is 0 Å². The van der Waals surface area contributed by atoms with E-state index in [4.69, 9.17) is 0 Å². The smallest absolute Gasteiger partial charge is 0.252 e. The van der Waals surface area contributed by atoms with E-state index in [-0.39, 0.29) is 5.91 Å². The van der Waals surface area contributed by atoms with Gasteiger partial charge in [-0.2, -0.15) is 5.10 Å². The molecule has 0 unspecified atom stereocenters. The average Bonchev–Trinajstić information content (AvgIpc) is 3.35. The maximum atomic E-state index is 13.0. The van der Waals surface area contributed by atoms with E-state index in [1.54, 1.807) is 18.0 Å². The van der Waals surface area contributed by atoms with Crippen LogP contribution in [-0.2, 0) is 0 Å². The summed E-state index contributed by atoms with van der Waals surface area (Å²) in [7, 11) is 2.03. The molecule has 2 aromatic heterocycles. The number of aromatic nitrogens is 3. The van der Waals surface area contributed by atoms with Crippen LogP contribution >= 0.6 is 11.8 Å². The fourth-order valence-corrected chi connectivity index (χ4v) is 4.91. The fraction of sp³-hybridized carbons (Fsp3) is 0.100. The van der Waals surface area contributed by atoms with Gasteiger partial charge in [-0.05, 0) is 54.6 Å². The third-order valence-corrected chi connectivity index (χ3v) is 7.00. The van der Waals surface area contributed by atoms with Crippen molar-refractivity contribution in [2.75, 3.05) is 25.0 Å². The van der Waals surface area contributed by atoms with Crippen molar-refractivity contribution in [3.63, 3.8) is 0 Å². The Bertz CT molecular complexity index is 1520. The predicted molar refractivity (Wildman–Crippen MR) is 152 cm³/mol. The molecule has 37 heavy (non-hydrogen) atoms. The second-order valence-electron chi connectivity index (χ2n) is 8.49. The average molecular weight is 506 g/mol. The predicted octanol–water partition coefficient (Wildman–Crippen LogP) is 6.08. The van der Waals surface area contributed by atoms with Gasteiger partial charge in [0.15, 0.2) is 0 Å². The van der Waals surface area contributed by atoms with Crippen LogP contribution in [0.4, 0.5) is 5.69 Å². The molecule has 5 aromatic rings. The van der Waals surface area contributed by atoms with E-state index in [1.807, 2.05) is 90.9 Å².